The van der Waals surface area contributed by atoms with E-state index >= 15 is 0 Å². The van der Waals surface area contributed by atoms with Crippen molar-refractivity contribution in [1.82, 2.24) is 5.32 Å². The first-order chi connectivity index (χ1) is 7.36. The Bertz CT molecular complexity index is 396. The van der Waals surface area contributed by atoms with E-state index in [1.165, 1.54) is 5.56 Å². The number of nitrogens with one attached hydrogen (secondary N) is 1. The van der Waals surface area contributed by atoms with Gasteiger partial charge in [-0.3, -0.25) is 4.79 Å². The summed E-state index contributed by atoms with van der Waals surface area (Å²) in [6.45, 7) is 1.96. The van der Waals surface area contributed by atoms with Gasteiger partial charge in [0.15, 0.2) is 0 Å². The molecule has 0 saturated carbocycles. The van der Waals surface area contributed by atoms with Crippen LogP contribution in [0.5, 0.6) is 0 Å². The summed E-state index contributed by atoms with van der Waals surface area (Å²) in [7, 11) is 0. The Morgan fingerprint density at radius 2 is 2.20 bits per heavy atom. The van der Waals surface area contributed by atoms with E-state index in [1.807, 2.05) is 17.0 Å². The van der Waals surface area contributed by atoms with Gasteiger partial charge in [0.25, 0.3) is 0 Å². The molecule has 1 saturated heterocycles. The van der Waals surface area contributed by atoms with Crippen molar-refractivity contribution in [3.05, 3.63) is 29.8 Å². The van der Waals surface area contributed by atoms with Gasteiger partial charge in [0, 0.05) is 12.2 Å². The van der Waals surface area contributed by atoms with Crippen LogP contribution in [0.25, 0.3) is 0 Å². The summed E-state index contributed by atoms with van der Waals surface area (Å²) in [5.74, 6) is 0.255. The van der Waals surface area contributed by atoms with E-state index in [-0.39, 0.29) is 5.91 Å². The molecule has 2 aliphatic rings. The standard InChI is InChI=1S/C12H14N2O/c15-12-7-9-3-1-2-4-11(9)14(12)10-5-6-13-8-10/h1-4,10,13H,5-8H2. The molecule has 1 unspecified atom stereocenters. The summed E-state index contributed by atoms with van der Waals surface area (Å²) in [6, 6.07) is 8.48. The minimum absolute atomic E-state index is 0.255. The average Bonchev–Trinajstić information content (AvgIpc) is 2.82. The molecule has 15 heavy (non-hydrogen) atoms. The molecule has 3 heteroatoms. The quantitative estimate of drug-likeness (QED) is 0.735. The van der Waals surface area contributed by atoms with Gasteiger partial charge in [0.1, 0.15) is 0 Å². The van der Waals surface area contributed by atoms with Gasteiger partial charge < -0.3 is 10.2 Å². The molecular weight excluding hydrogens is 188 g/mol. The number of anilines is 1. The van der Waals surface area contributed by atoms with E-state index in [1.54, 1.807) is 0 Å². The smallest absolute Gasteiger partial charge is 0.231 e. The Morgan fingerprint density at radius 3 is 3.00 bits per heavy atom. The van der Waals surface area contributed by atoms with E-state index in [0.717, 1.165) is 25.2 Å². The summed E-state index contributed by atoms with van der Waals surface area (Å²) in [5, 5.41) is 3.31. The Hall–Kier alpha value is -1.35. The maximum Gasteiger partial charge on any atom is 0.231 e. The lowest BCUT2D eigenvalue weighted by atomic mass is 10.1. The van der Waals surface area contributed by atoms with Crippen molar-refractivity contribution in [1.29, 1.82) is 0 Å². The molecule has 0 aliphatic carbocycles. The lowest BCUT2D eigenvalue weighted by Crippen LogP contribution is -2.39. The summed E-state index contributed by atoms with van der Waals surface area (Å²) in [6.07, 6.45) is 1.65. The lowest BCUT2D eigenvalue weighted by Gasteiger charge is -2.24. The Morgan fingerprint density at radius 1 is 1.33 bits per heavy atom. The molecular formula is C12H14N2O. The number of amides is 1. The summed E-state index contributed by atoms with van der Waals surface area (Å²) >= 11 is 0. The van der Waals surface area contributed by atoms with Crippen molar-refractivity contribution in [3.63, 3.8) is 0 Å². The summed E-state index contributed by atoms with van der Waals surface area (Å²) in [4.78, 5) is 13.9. The van der Waals surface area contributed by atoms with Crippen LogP contribution in [0, 0.1) is 0 Å². The minimum atomic E-state index is 0.255. The molecule has 1 N–H and O–H groups in total. The number of para-hydroxylation sites is 1. The zero-order valence-electron chi connectivity index (χ0n) is 8.57. The monoisotopic (exact) mass is 202 g/mol. The van der Waals surface area contributed by atoms with Crippen molar-refractivity contribution < 1.29 is 4.79 Å². The van der Waals surface area contributed by atoms with E-state index < -0.39 is 0 Å². The number of nitrogens with zero attached hydrogens (tertiary/aromatic N) is 1. The number of carbonyl (C=O) groups is 1. The van der Waals surface area contributed by atoms with Gasteiger partial charge in [-0.15, -0.1) is 0 Å². The van der Waals surface area contributed by atoms with E-state index in [0.29, 0.717) is 12.5 Å². The largest absolute Gasteiger partial charge is 0.315 e. The second-order valence-corrected chi connectivity index (χ2v) is 4.22. The number of benzene rings is 1. The molecule has 1 atom stereocenters. The predicted octanol–water partition coefficient (Wildman–Crippen LogP) is 0.938. The van der Waals surface area contributed by atoms with Crippen molar-refractivity contribution >= 4 is 11.6 Å². The van der Waals surface area contributed by atoms with Crippen LogP contribution in [-0.4, -0.2) is 25.0 Å². The predicted molar refractivity (Wildman–Crippen MR) is 58.9 cm³/mol. The first-order valence-corrected chi connectivity index (χ1v) is 5.47. The zero-order valence-corrected chi connectivity index (χ0v) is 8.57. The topological polar surface area (TPSA) is 32.3 Å². The number of rotatable bonds is 1. The molecule has 1 amide bonds. The van der Waals surface area contributed by atoms with Gasteiger partial charge in [-0.05, 0) is 24.6 Å². The van der Waals surface area contributed by atoms with Gasteiger partial charge in [-0.2, -0.15) is 0 Å². The average molecular weight is 202 g/mol. The SMILES string of the molecule is O=C1Cc2ccccc2N1C1CCNC1. The van der Waals surface area contributed by atoms with Gasteiger partial charge in [-0.1, -0.05) is 18.2 Å². The molecule has 1 aromatic carbocycles. The number of hydrogen-bond acceptors (Lipinski definition) is 2. The van der Waals surface area contributed by atoms with Gasteiger partial charge in [0.05, 0.1) is 12.5 Å². The van der Waals surface area contributed by atoms with E-state index in [4.69, 9.17) is 0 Å². The minimum Gasteiger partial charge on any atom is -0.315 e. The molecule has 0 aromatic heterocycles. The van der Waals surface area contributed by atoms with Crippen LogP contribution in [0.4, 0.5) is 5.69 Å². The van der Waals surface area contributed by atoms with E-state index in [9.17, 15) is 4.79 Å². The van der Waals surface area contributed by atoms with Crippen molar-refractivity contribution in [2.45, 2.75) is 18.9 Å². The summed E-state index contributed by atoms with van der Waals surface area (Å²) < 4.78 is 0. The molecule has 3 rings (SSSR count). The first-order valence-electron chi connectivity index (χ1n) is 5.47. The van der Waals surface area contributed by atoms with Crippen LogP contribution < -0.4 is 10.2 Å². The van der Waals surface area contributed by atoms with Gasteiger partial charge in [0.2, 0.25) is 5.91 Å². The van der Waals surface area contributed by atoms with Crippen LogP contribution in [0.1, 0.15) is 12.0 Å². The fourth-order valence-corrected chi connectivity index (χ4v) is 2.54. The number of carbonyl (C=O) groups excluding carboxylic acids is 1. The van der Waals surface area contributed by atoms with E-state index in [2.05, 4.69) is 17.4 Å². The third-order valence-corrected chi connectivity index (χ3v) is 3.26. The Labute approximate surface area is 89.1 Å². The van der Waals surface area contributed by atoms with Crippen molar-refractivity contribution in [2.24, 2.45) is 0 Å². The fraction of sp³-hybridized carbons (Fsp3) is 0.417. The number of fused-ring (bicyclic) bond motifs is 1. The maximum absolute atomic E-state index is 11.9. The van der Waals surface area contributed by atoms with Gasteiger partial charge in [-0.25, -0.2) is 0 Å². The molecule has 0 bridgehead atoms. The Balaban J connectivity index is 1.98. The van der Waals surface area contributed by atoms with Crippen molar-refractivity contribution in [2.75, 3.05) is 18.0 Å². The van der Waals surface area contributed by atoms with Crippen LogP contribution in [0.3, 0.4) is 0 Å². The normalized spacial score (nSPS) is 24.7. The van der Waals surface area contributed by atoms with Crippen LogP contribution >= 0.6 is 0 Å². The molecule has 0 radical (unpaired) electrons. The highest BCUT2D eigenvalue weighted by Gasteiger charge is 2.33. The molecule has 78 valence electrons. The lowest BCUT2D eigenvalue weighted by molar-refractivity contribution is -0.117. The highest BCUT2D eigenvalue weighted by atomic mass is 16.2. The van der Waals surface area contributed by atoms with Crippen LogP contribution in [0.15, 0.2) is 24.3 Å². The first kappa shape index (κ1) is 8.92. The summed E-state index contributed by atoms with van der Waals surface area (Å²) in [5.41, 5.74) is 2.30. The molecule has 1 aromatic rings. The van der Waals surface area contributed by atoms with Crippen molar-refractivity contribution in [3.8, 4) is 0 Å². The molecule has 2 aliphatic heterocycles. The van der Waals surface area contributed by atoms with Crippen LogP contribution in [-0.2, 0) is 11.2 Å². The third-order valence-electron chi connectivity index (χ3n) is 3.26. The highest BCUT2D eigenvalue weighted by Crippen LogP contribution is 2.31. The molecule has 0 spiro atoms. The fourth-order valence-electron chi connectivity index (χ4n) is 2.54. The Kier molecular flexibility index (Phi) is 1.99. The second kappa shape index (κ2) is 3.35. The molecule has 3 nitrogen and oxygen atoms in total. The zero-order chi connectivity index (χ0) is 10.3. The maximum atomic E-state index is 11.9. The van der Waals surface area contributed by atoms with Crippen LogP contribution in [0.2, 0.25) is 0 Å². The second-order valence-electron chi connectivity index (χ2n) is 4.22. The highest BCUT2D eigenvalue weighted by molar-refractivity contribution is 6.01. The third kappa shape index (κ3) is 1.35. The van der Waals surface area contributed by atoms with Gasteiger partial charge >= 0.3 is 0 Å². The molecule has 2 heterocycles. The number of hydrogen-bond donors (Lipinski definition) is 1. The molecule has 1 fully saturated rings.